The van der Waals surface area contributed by atoms with Crippen LogP contribution in [0.15, 0.2) is 53.0 Å². The molecule has 132 valence electrons. The molecule has 2 aromatic carbocycles. The topological polar surface area (TPSA) is 55.8 Å². The SMILES string of the molecule is COC(=O)CCN(Cc1ccccc1)C(=O)c1cc(OC)ccc1Br. The second-order valence-corrected chi connectivity index (χ2v) is 6.24. The normalized spacial score (nSPS) is 10.2. The van der Waals surface area contributed by atoms with Crippen LogP contribution in [0.4, 0.5) is 0 Å². The third-order valence-electron chi connectivity index (χ3n) is 3.72. The molecule has 0 bridgehead atoms. The molecule has 0 saturated carbocycles. The number of rotatable bonds is 7. The number of benzene rings is 2. The molecule has 2 rings (SSSR count). The summed E-state index contributed by atoms with van der Waals surface area (Å²) in [5.41, 5.74) is 1.47. The van der Waals surface area contributed by atoms with E-state index in [9.17, 15) is 9.59 Å². The lowest BCUT2D eigenvalue weighted by Crippen LogP contribution is -2.33. The summed E-state index contributed by atoms with van der Waals surface area (Å²) in [4.78, 5) is 26.2. The fourth-order valence-electron chi connectivity index (χ4n) is 2.35. The Labute approximate surface area is 155 Å². The average molecular weight is 406 g/mol. The molecule has 0 aliphatic rings. The van der Waals surface area contributed by atoms with E-state index in [0.717, 1.165) is 5.56 Å². The molecule has 1 amide bonds. The van der Waals surface area contributed by atoms with Crippen molar-refractivity contribution in [3.8, 4) is 5.75 Å². The summed E-state index contributed by atoms with van der Waals surface area (Å²) in [6, 6.07) is 14.9. The predicted molar refractivity (Wildman–Crippen MR) is 98.5 cm³/mol. The molecule has 0 aliphatic carbocycles. The highest BCUT2D eigenvalue weighted by atomic mass is 79.9. The summed E-state index contributed by atoms with van der Waals surface area (Å²) in [5.74, 6) is 0.0632. The fraction of sp³-hybridized carbons (Fsp3) is 0.263. The lowest BCUT2D eigenvalue weighted by molar-refractivity contribution is -0.140. The molecule has 0 aromatic heterocycles. The minimum atomic E-state index is -0.351. The maximum absolute atomic E-state index is 13.0. The van der Waals surface area contributed by atoms with Gasteiger partial charge in [-0.25, -0.2) is 0 Å². The minimum Gasteiger partial charge on any atom is -0.497 e. The quantitative estimate of drug-likeness (QED) is 0.659. The molecule has 0 N–H and O–H groups in total. The van der Waals surface area contributed by atoms with Crippen LogP contribution in [-0.4, -0.2) is 37.5 Å². The second kappa shape index (κ2) is 9.22. The van der Waals surface area contributed by atoms with Crippen molar-refractivity contribution in [2.45, 2.75) is 13.0 Å². The molecule has 5 nitrogen and oxygen atoms in total. The molecular formula is C19H20BrNO4. The van der Waals surface area contributed by atoms with Crippen molar-refractivity contribution >= 4 is 27.8 Å². The van der Waals surface area contributed by atoms with Gasteiger partial charge in [0.2, 0.25) is 0 Å². The molecule has 0 fully saturated rings. The summed E-state index contributed by atoms with van der Waals surface area (Å²) in [6.07, 6.45) is 0.136. The van der Waals surface area contributed by atoms with E-state index in [2.05, 4.69) is 15.9 Å². The van der Waals surface area contributed by atoms with Gasteiger partial charge in [-0.3, -0.25) is 9.59 Å². The number of halogens is 1. The Morgan fingerprint density at radius 1 is 1.08 bits per heavy atom. The van der Waals surface area contributed by atoms with Crippen LogP contribution < -0.4 is 4.74 Å². The number of ether oxygens (including phenoxy) is 2. The Morgan fingerprint density at radius 2 is 1.80 bits per heavy atom. The highest BCUT2D eigenvalue weighted by Crippen LogP contribution is 2.24. The number of esters is 1. The van der Waals surface area contributed by atoms with Gasteiger partial charge < -0.3 is 14.4 Å². The van der Waals surface area contributed by atoms with Crippen LogP contribution in [-0.2, 0) is 16.1 Å². The molecule has 0 heterocycles. The summed E-state index contributed by atoms with van der Waals surface area (Å²) >= 11 is 3.41. The van der Waals surface area contributed by atoms with Crippen molar-refractivity contribution < 1.29 is 19.1 Å². The highest BCUT2D eigenvalue weighted by Gasteiger charge is 2.20. The molecule has 2 aromatic rings. The van der Waals surface area contributed by atoms with E-state index < -0.39 is 0 Å². The summed E-state index contributed by atoms with van der Waals surface area (Å²) < 4.78 is 10.6. The van der Waals surface area contributed by atoms with Gasteiger partial charge >= 0.3 is 5.97 Å². The van der Waals surface area contributed by atoms with Gasteiger partial charge in [0.15, 0.2) is 0 Å². The highest BCUT2D eigenvalue weighted by molar-refractivity contribution is 9.10. The summed E-state index contributed by atoms with van der Waals surface area (Å²) in [7, 11) is 2.89. The van der Waals surface area contributed by atoms with Crippen LogP contribution in [0.5, 0.6) is 5.75 Å². The lowest BCUT2D eigenvalue weighted by atomic mass is 10.1. The smallest absolute Gasteiger partial charge is 0.307 e. The number of hydrogen-bond donors (Lipinski definition) is 0. The summed E-state index contributed by atoms with van der Waals surface area (Å²) in [6.45, 7) is 0.671. The molecule has 0 saturated heterocycles. The third-order valence-corrected chi connectivity index (χ3v) is 4.41. The second-order valence-electron chi connectivity index (χ2n) is 5.38. The monoisotopic (exact) mass is 405 g/mol. The number of hydrogen-bond acceptors (Lipinski definition) is 4. The average Bonchev–Trinajstić information content (AvgIpc) is 2.65. The fourth-order valence-corrected chi connectivity index (χ4v) is 2.77. The maximum atomic E-state index is 13.0. The third kappa shape index (κ3) is 5.32. The van der Waals surface area contributed by atoms with Gasteiger partial charge in [-0.05, 0) is 39.7 Å². The predicted octanol–water partition coefficient (Wildman–Crippen LogP) is 3.66. The van der Waals surface area contributed by atoms with E-state index in [1.165, 1.54) is 7.11 Å². The molecule has 0 radical (unpaired) electrons. The Bertz CT molecular complexity index is 733. The van der Waals surface area contributed by atoms with E-state index in [-0.39, 0.29) is 24.8 Å². The van der Waals surface area contributed by atoms with Gasteiger partial charge in [0.1, 0.15) is 5.75 Å². The Hall–Kier alpha value is -2.34. The molecule has 0 atom stereocenters. The van der Waals surface area contributed by atoms with Crippen LogP contribution in [0.2, 0.25) is 0 Å². The van der Waals surface area contributed by atoms with Crippen LogP contribution in [0.1, 0.15) is 22.3 Å². The van der Waals surface area contributed by atoms with Crippen molar-refractivity contribution in [1.82, 2.24) is 4.90 Å². The first kappa shape index (κ1) is 19.0. The van der Waals surface area contributed by atoms with E-state index in [0.29, 0.717) is 22.3 Å². The van der Waals surface area contributed by atoms with Crippen molar-refractivity contribution in [2.24, 2.45) is 0 Å². The minimum absolute atomic E-state index is 0.136. The number of amides is 1. The zero-order chi connectivity index (χ0) is 18.2. The number of carbonyl (C=O) groups is 2. The Morgan fingerprint density at radius 3 is 2.44 bits per heavy atom. The van der Waals surface area contributed by atoms with E-state index in [4.69, 9.17) is 9.47 Å². The van der Waals surface area contributed by atoms with E-state index in [1.807, 2.05) is 30.3 Å². The summed E-state index contributed by atoms with van der Waals surface area (Å²) in [5, 5.41) is 0. The molecule has 25 heavy (non-hydrogen) atoms. The maximum Gasteiger partial charge on any atom is 0.307 e. The van der Waals surface area contributed by atoms with Gasteiger partial charge in [0.25, 0.3) is 5.91 Å². The van der Waals surface area contributed by atoms with Crippen molar-refractivity contribution in [1.29, 1.82) is 0 Å². The van der Waals surface area contributed by atoms with Crippen LogP contribution in [0.25, 0.3) is 0 Å². The number of carbonyl (C=O) groups excluding carboxylic acids is 2. The largest absolute Gasteiger partial charge is 0.497 e. The van der Waals surface area contributed by atoms with Gasteiger partial charge in [0, 0.05) is 17.6 Å². The first-order valence-corrected chi connectivity index (χ1v) is 8.58. The van der Waals surface area contributed by atoms with Gasteiger partial charge in [0.05, 0.1) is 26.2 Å². The van der Waals surface area contributed by atoms with Crippen molar-refractivity contribution in [3.05, 3.63) is 64.1 Å². The molecule has 0 spiro atoms. The van der Waals surface area contributed by atoms with Gasteiger partial charge in [-0.2, -0.15) is 0 Å². The van der Waals surface area contributed by atoms with E-state index >= 15 is 0 Å². The number of methoxy groups -OCH3 is 2. The lowest BCUT2D eigenvalue weighted by Gasteiger charge is -2.23. The van der Waals surface area contributed by atoms with Gasteiger partial charge in [-0.1, -0.05) is 30.3 Å². The van der Waals surface area contributed by atoms with E-state index in [1.54, 1.807) is 30.2 Å². The standard InChI is InChI=1S/C19H20BrNO4/c1-24-15-8-9-17(20)16(12-15)19(23)21(11-10-18(22)25-2)13-14-6-4-3-5-7-14/h3-9,12H,10-11,13H2,1-2H3. The zero-order valence-corrected chi connectivity index (χ0v) is 15.8. The van der Waals surface area contributed by atoms with Gasteiger partial charge in [-0.15, -0.1) is 0 Å². The Kier molecular flexibility index (Phi) is 7.01. The van der Waals surface area contributed by atoms with Crippen LogP contribution in [0, 0.1) is 0 Å². The number of nitrogens with zero attached hydrogens (tertiary/aromatic N) is 1. The van der Waals surface area contributed by atoms with Crippen molar-refractivity contribution in [3.63, 3.8) is 0 Å². The molecular weight excluding hydrogens is 386 g/mol. The Balaban J connectivity index is 2.26. The van der Waals surface area contributed by atoms with Crippen LogP contribution >= 0.6 is 15.9 Å². The zero-order valence-electron chi connectivity index (χ0n) is 14.2. The molecule has 6 heteroatoms. The van der Waals surface area contributed by atoms with Crippen LogP contribution in [0.3, 0.4) is 0 Å². The van der Waals surface area contributed by atoms with Crippen molar-refractivity contribution in [2.75, 3.05) is 20.8 Å². The first-order valence-electron chi connectivity index (χ1n) is 7.78. The first-order chi connectivity index (χ1) is 12.0. The molecule has 0 unspecified atom stereocenters. The molecule has 0 aliphatic heterocycles.